The number of carboxylic acids is 1. The van der Waals surface area contributed by atoms with Gasteiger partial charge in [0.05, 0.1) is 0 Å². The van der Waals surface area contributed by atoms with Crippen LogP contribution in [-0.2, 0) is 0 Å². The highest BCUT2D eigenvalue weighted by molar-refractivity contribution is 7.12. The molecule has 0 spiro atoms. The minimum Gasteiger partial charge on any atom is -0.477 e. The van der Waals surface area contributed by atoms with E-state index in [0.29, 0.717) is 10.8 Å². The van der Waals surface area contributed by atoms with E-state index in [1.165, 1.54) is 48.2 Å². The van der Waals surface area contributed by atoms with E-state index < -0.39 is 5.97 Å². The van der Waals surface area contributed by atoms with Crippen LogP contribution in [0.2, 0.25) is 0 Å². The summed E-state index contributed by atoms with van der Waals surface area (Å²) in [5, 5.41) is 11.5. The molecule has 0 atom stereocenters. The molecule has 0 unspecified atom stereocenters. The second-order valence-electron chi connectivity index (χ2n) is 7.38. The van der Waals surface area contributed by atoms with Crippen molar-refractivity contribution in [3.05, 3.63) is 27.0 Å². The lowest BCUT2D eigenvalue weighted by atomic mass is 9.75. The van der Waals surface area contributed by atoms with Crippen LogP contribution in [0.25, 0.3) is 5.57 Å². The number of thiophene rings is 1. The number of carbonyl (C=O) groups is 1. The Hall–Kier alpha value is -1.57. The normalized spacial score (nSPS) is 25.0. The molecule has 0 aromatic carbocycles. The first kappa shape index (κ1) is 18.2. The fourth-order valence-corrected chi connectivity index (χ4v) is 5.18. The fourth-order valence-electron chi connectivity index (χ4n) is 4.31. The first-order valence-corrected chi connectivity index (χ1v) is 10.2. The molecule has 134 valence electrons. The minimum atomic E-state index is -0.858. The van der Waals surface area contributed by atoms with Gasteiger partial charge in [-0.15, -0.1) is 17.8 Å². The second-order valence-corrected chi connectivity index (χ2v) is 8.26. The van der Waals surface area contributed by atoms with E-state index in [1.807, 2.05) is 5.38 Å². The van der Waals surface area contributed by atoms with Gasteiger partial charge in [0.2, 0.25) is 0 Å². The number of nitrogens with zero attached hydrogens (tertiary/aromatic N) is 1. The minimum absolute atomic E-state index is 0.412. The first-order chi connectivity index (χ1) is 12.0. The van der Waals surface area contributed by atoms with Crippen molar-refractivity contribution in [3.8, 4) is 12.3 Å². The summed E-state index contributed by atoms with van der Waals surface area (Å²) in [6, 6.07) is 0. The molecule has 0 amide bonds. The maximum absolute atomic E-state index is 11.7. The molecule has 1 N–H and O–H groups in total. The fraction of sp³-hybridized carbons (Fsp3) is 0.571. The summed E-state index contributed by atoms with van der Waals surface area (Å²) in [5.74, 6) is 3.25. The average Bonchev–Trinajstić information content (AvgIpc) is 3.06. The molecule has 25 heavy (non-hydrogen) atoms. The van der Waals surface area contributed by atoms with E-state index >= 15 is 0 Å². The van der Waals surface area contributed by atoms with Crippen molar-refractivity contribution < 1.29 is 9.90 Å². The highest BCUT2D eigenvalue weighted by Gasteiger charge is 2.31. The predicted molar refractivity (Wildman–Crippen MR) is 104 cm³/mol. The quantitative estimate of drug-likeness (QED) is 0.792. The van der Waals surface area contributed by atoms with Gasteiger partial charge in [-0.1, -0.05) is 32.6 Å². The SMILES string of the molecule is C#Cc1csc(C(=O)O)c1C1=C(C2CCC(C)CC2)CN(CC)CC1. The van der Waals surface area contributed by atoms with E-state index in [9.17, 15) is 9.90 Å². The number of hydrogen-bond acceptors (Lipinski definition) is 3. The van der Waals surface area contributed by atoms with Crippen LogP contribution in [0.3, 0.4) is 0 Å². The molecule has 3 nitrogen and oxygen atoms in total. The van der Waals surface area contributed by atoms with Crippen LogP contribution in [0.5, 0.6) is 0 Å². The van der Waals surface area contributed by atoms with Crippen molar-refractivity contribution in [2.24, 2.45) is 11.8 Å². The maximum Gasteiger partial charge on any atom is 0.346 e. The number of rotatable bonds is 4. The highest BCUT2D eigenvalue weighted by atomic mass is 32.1. The van der Waals surface area contributed by atoms with Gasteiger partial charge in [0.25, 0.3) is 0 Å². The molecule has 1 aromatic rings. The van der Waals surface area contributed by atoms with Gasteiger partial charge in [0.1, 0.15) is 4.88 Å². The van der Waals surface area contributed by atoms with Crippen molar-refractivity contribution in [1.82, 2.24) is 4.90 Å². The van der Waals surface area contributed by atoms with Gasteiger partial charge in [-0.2, -0.15) is 0 Å². The van der Waals surface area contributed by atoms with Crippen LogP contribution in [0.15, 0.2) is 11.0 Å². The monoisotopic (exact) mass is 357 g/mol. The summed E-state index contributed by atoms with van der Waals surface area (Å²) >= 11 is 1.27. The third kappa shape index (κ3) is 3.68. The van der Waals surface area contributed by atoms with Gasteiger partial charge in [0, 0.05) is 29.6 Å². The topological polar surface area (TPSA) is 40.5 Å². The summed E-state index contributed by atoms with van der Waals surface area (Å²) < 4.78 is 0. The Bertz CT molecular complexity index is 717. The number of likely N-dealkylation sites (N-methyl/N-ethyl adjacent to an activating group) is 1. The molecule has 2 heterocycles. The van der Waals surface area contributed by atoms with Crippen LogP contribution in [0, 0.1) is 24.2 Å². The van der Waals surface area contributed by atoms with Crippen LogP contribution in [-0.4, -0.2) is 35.6 Å². The van der Waals surface area contributed by atoms with Crippen LogP contribution in [0.4, 0.5) is 0 Å². The Kier molecular flexibility index (Phi) is 5.66. The zero-order valence-corrected chi connectivity index (χ0v) is 16.0. The molecule has 3 rings (SSSR count). The van der Waals surface area contributed by atoms with Gasteiger partial charge in [0.15, 0.2) is 0 Å². The Balaban J connectivity index is 2.07. The van der Waals surface area contributed by atoms with Gasteiger partial charge < -0.3 is 5.11 Å². The molecule has 0 bridgehead atoms. The smallest absolute Gasteiger partial charge is 0.346 e. The number of hydrogen-bond donors (Lipinski definition) is 1. The van der Waals surface area contributed by atoms with Crippen molar-refractivity contribution in [2.75, 3.05) is 19.6 Å². The number of carboxylic acid groups (broad SMARTS) is 1. The van der Waals surface area contributed by atoms with Gasteiger partial charge in [-0.05, 0) is 48.8 Å². The van der Waals surface area contributed by atoms with Gasteiger partial charge in [-0.3, -0.25) is 4.90 Å². The molecule has 1 aliphatic heterocycles. The Morgan fingerprint density at radius 3 is 2.72 bits per heavy atom. The first-order valence-electron chi connectivity index (χ1n) is 9.31. The van der Waals surface area contributed by atoms with Crippen molar-refractivity contribution in [3.63, 3.8) is 0 Å². The molecule has 0 saturated heterocycles. The molecule has 2 aliphatic rings. The predicted octanol–water partition coefficient (Wildman–Crippen LogP) is 4.73. The van der Waals surface area contributed by atoms with Crippen molar-refractivity contribution in [1.29, 1.82) is 0 Å². The molecular formula is C21H27NO2S. The molecule has 0 radical (unpaired) electrons. The molecular weight excluding hydrogens is 330 g/mol. The summed E-state index contributed by atoms with van der Waals surface area (Å²) in [6.07, 6.45) is 11.6. The third-order valence-corrected chi connectivity index (χ3v) is 6.83. The van der Waals surface area contributed by atoms with E-state index in [4.69, 9.17) is 6.42 Å². The molecule has 1 aromatic heterocycles. The Labute approximate surface area is 154 Å². The number of aromatic carboxylic acids is 1. The Morgan fingerprint density at radius 2 is 2.12 bits per heavy atom. The second kappa shape index (κ2) is 7.76. The number of terminal acetylenes is 1. The highest BCUT2D eigenvalue weighted by Crippen LogP contribution is 2.42. The molecule has 1 saturated carbocycles. The standard InChI is InChI=1S/C21H27NO2S/c1-4-15-13-25-20(21(23)24)19(15)17-10-11-22(5-2)12-18(17)16-8-6-14(3)7-9-16/h1,13-14,16H,5-12H2,2-3H3,(H,23,24). The molecule has 1 aliphatic carbocycles. The maximum atomic E-state index is 11.7. The van der Waals surface area contributed by atoms with Crippen molar-refractivity contribution in [2.45, 2.75) is 46.0 Å². The summed E-state index contributed by atoms with van der Waals surface area (Å²) in [5.41, 5.74) is 4.28. The average molecular weight is 358 g/mol. The van der Waals surface area contributed by atoms with Gasteiger partial charge in [-0.25, -0.2) is 4.79 Å². The van der Waals surface area contributed by atoms with E-state index in [1.54, 1.807) is 0 Å². The zero-order chi connectivity index (χ0) is 18.0. The lowest BCUT2D eigenvalue weighted by molar-refractivity contribution is 0.0701. The van der Waals surface area contributed by atoms with Crippen LogP contribution in [0.1, 0.15) is 66.8 Å². The summed E-state index contributed by atoms with van der Waals surface area (Å²) in [4.78, 5) is 14.6. The van der Waals surface area contributed by atoms with Crippen molar-refractivity contribution >= 4 is 22.9 Å². The van der Waals surface area contributed by atoms with E-state index in [-0.39, 0.29) is 0 Å². The Morgan fingerprint density at radius 1 is 1.40 bits per heavy atom. The third-order valence-electron chi connectivity index (χ3n) is 5.86. The zero-order valence-electron chi connectivity index (χ0n) is 15.2. The molecule has 1 fully saturated rings. The van der Waals surface area contributed by atoms with Crippen LogP contribution < -0.4 is 0 Å². The van der Waals surface area contributed by atoms with Crippen LogP contribution >= 0.6 is 11.3 Å². The summed E-state index contributed by atoms with van der Waals surface area (Å²) in [6.45, 7) is 7.52. The molecule has 4 heteroatoms. The largest absolute Gasteiger partial charge is 0.477 e. The van der Waals surface area contributed by atoms with Gasteiger partial charge >= 0.3 is 5.97 Å². The lowest BCUT2D eigenvalue weighted by Crippen LogP contribution is -2.34. The van der Waals surface area contributed by atoms with E-state index in [2.05, 4.69) is 24.7 Å². The summed E-state index contributed by atoms with van der Waals surface area (Å²) in [7, 11) is 0. The van der Waals surface area contributed by atoms with E-state index in [0.717, 1.165) is 43.1 Å². The lowest BCUT2D eigenvalue weighted by Gasteiger charge is -2.37.